The van der Waals surface area contributed by atoms with Crippen molar-refractivity contribution < 1.29 is 13.2 Å². The van der Waals surface area contributed by atoms with Crippen LogP contribution in [0.25, 0.3) is 0 Å². The molecule has 0 aromatic heterocycles. The Labute approximate surface area is 114 Å². The van der Waals surface area contributed by atoms with E-state index in [-0.39, 0.29) is 5.25 Å². The fourth-order valence-corrected chi connectivity index (χ4v) is 3.71. The molecule has 5 nitrogen and oxygen atoms in total. The largest absolute Gasteiger partial charge is 0.496 e. The van der Waals surface area contributed by atoms with E-state index in [0.717, 1.165) is 24.3 Å². The van der Waals surface area contributed by atoms with Crippen LogP contribution in [0.15, 0.2) is 18.2 Å². The lowest BCUT2D eigenvalue weighted by Crippen LogP contribution is -2.41. The molecule has 1 unspecified atom stereocenters. The second-order valence-electron chi connectivity index (χ2n) is 4.80. The molecule has 0 spiro atoms. The highest BCUT2D eigenvalue weighted by Gasteiger charge is 2.27. The first-order valence-electron chi connectivity index (χ1n) is 6.40. The van der Waals surface area contributed by atoms with Gasteiger partial charge in [0.25, 0.3) is 0 Å². The molecule has 1 aliphatic heterocycles. The number of sulfonamides is 1. The molecule has 0 radical (unpaired) electrons. The zero-order valence-electron chi connectivity index (χ0n) is 11.3. The van der Waals surface area contributed by atoms with Crippen LogP contribution in [0, 0.1) is 6.92 Å². The summed E-state index contributed by atoms with van der Waals surface area (Å²) >= 11 is 0. The molecule has 1 aromatic rings. The summed E-state index contributed by atoms with van der Waals surface area (Å²) in [6, 6.07) is 5.28. The van der Waals surface area contributed by atoms with E-state index in [0.29, 0.717) is 18.7 Å². The normalized spacial score (nSPS) is 20.0. The molecule has 2 N–H and O–H groups in total. The lowest BCUT2D eigenvalue weighted by molar-refractivity contribution is 0.412. The Balaban J connectivity index is 2.13. The number of benzene rings is 1. The molecule has 0 amide bonds. The standard InChI is InChI=1S/C13H20N2O3S/c1-10-8-11(5-6-13(10)18-2)15-19(16,17)12-4-3-7-14-9-12/h5-6,8,12,14-15H,3-4,7,9H2,1-2H3. The minimum atomic E-state index is -3.33. The predicted molar refractivity (Wildman–Crippen MR) is 76.2 cm³/mol. The van der Waals surface area contributed by atoms with Gasteiger partial charge in [0.1, 0.15) is 5.75 Å². The van der Waals surface area contributed by atoms with Crippen LogP contribution >= 0.6 is 0 Å². The summed E-state index contributed by atoms with van der Waals surface area (Å²) in [6.07, 6.45) is 1.60. The van der Waals surface area contributed by atoms with Crippen molar-refractivity contribution in [3.63, 3.8) is 0 Å². The molecule has 0 aliphatic carbocycles. The maximum atomic E-state index is 12.2. The predicted octanol–water partition coefficient (Wildman–Crippen LogP) is 1.50. The molecule has 6 heteroatoms. The number of aryl methyl sites for hydroxylation is 1. The monoisotopic (exact) mass is 284 g/mol. The average molecular weight is 284 g/mol. The maximum absolute atomic E-state index is 12.2. The van der Waals surface area contributed by atoms with Gasteiger partial charge in [0.2, 0.25) is 10.0 Å². The van der Waals surface area contributed by atoms with E-state index in [1.807, 2.05) is 6.92 Å². The van der Waals surface area contributed by atoms with Crippen molar-refractivity contribution >= 4 is 15.7 Å². The van der Waals surface area contributed by atoms with E-state index in [1.54, 1.807) is 25.3 Å². The van der Waals surface area contributed by atoms with Crippen molar-refractivity contribution in [3.8, 4) is 5.75 Å². The van der Waals surface area contributed by atoms with Crippen LogP contribution in [0.5, 0.6) is 5.75 Å². The molecule has 1 aromatic carbocycles. The van der Waals surface area contributed by atoms with Crippen LogP contribution in [0.3, 0.4) is 0 Å². The number of rotatable bonds is 4. The first kappa shape index (κ1) is 14.1. The van der Waals surface area contributed by atoms with Gasteiger partial charge in [0, 0.05) is 12.2 Å². The number of hydrogen-bond acceptors (Lipinski definition) is 4. The van der Waals surface area contributed by atoms with Gasteiger partial charge in [-0.15, -0.1) is 0 Å². The van der Waals surface area contributed by atoms with Gasteiger partial charge in [0.15, 0.2) is 0 Å². The van der Waals surface area contributed by atoms with Gasteiger partial charge in [0.05, 0.1) is 12.4 Å². The summed E-state index contributed by atoms with van der Waals surface area (Å²) in [6.45, 7) is 3.30. The second kappa shape index (κ2) is 5.79. The zero-order valence-corrected chi connectivity index (χ0v) is 12.1. The highest BCUT2D eigenvalue weighted by atomic mass is 32.2. The quantitative estimate of drug-likeness (QED) is 0.879. The van der Waals surface area contributed by atoms with E-state index < -0.39 is 10.0 Å². The lowest BCUT2D eigenvalue weighted by Gasteiger charge is -2.23. The van der Waals surface area contributed by atoms with Gasteiger partial charge >= 0.3 is 0 Å². The third kappa shape index (κ3) is 3.39. The topological polar surface area (TPSA) is 67.4 Å². The number of hydrogen-bond donors (Lipinski definition) is 2. The maximum Gasteiger partial charge on any atom is 0.236 e. The Bertz CT molecular complexity index is 537. The molecule has 2 rings (SSSR count). The lowest BCUT2D eigenvalue weighted by atomic mass is 10.2. The fraction of sp³-hybridized carbons (Fsp3) is 0.538. The van der Waals surface area contributed by atoms with Gasteiger partial charge in [-0.1, -0.05) is 0 Å². The van der Waals surface area contributed by atoms with Gasteiger partial charge in [-0.05, 0) is 50.1 Å². The zero-order chi connectivity index (χ0) is 13.9. The van der Waals surface area contributed by atoms with Crippen LogP contribution in [-0.2, 0) is 10.0 Å². The highest BCUT2D eigenvalue weighted by Crippen LogP contribution is 2.23. The van der Waals surface area contributed by atoms with Gasteiger partial charge < -0.3 is 10.1 Å². The van der Waals surface area contributed by atoms with Crippen molar-refractivity contribution in [2.75, 3.05) is 24.9 Å². The number of anilines is 1. The molecule has 1 aliphatic rings. The van der Waals surface area contributed by atoms with E-state index >= 15 is 0 Å². The van der Waals surface area contributed by atoms with Crippen molar-refractivity contribution in [1.29, 1.82) is 0 Å². The fourth-order valence-electron chi connectivity index (χ4n) is 2.27. The van der Waals surface area contributed by atoms with E-state index in [9.17, 15) is 8.42 Å². The molecule has 0 bridgehead atoms. The number of ether oxygens (including phenoxy) is 1. The van der Waals surface area contributed by atoms with Crippen LogP contribution in [0.1, 0.15) is 18.4 Å². The van der Waals surface area contributed by atoms with Crippen molar-refractivity contribution in [3.05, 3.63) is 23.8 Å². The third-order valence-electron chi connectivity index (χ3n) is 3.35. The van der Waals surface area contributed by atoms with Crippen LogP contribution in [0.2, 0.25) is 0 Å². The summed E-state index contributed by atoms with van der Waals surface area (Å²) in [5, 5.41) is 2.76. The van der Waals surface area contributed by atoms with Crippen LogP contribution in [-0.4, -0.2) is 33.9 Å². The summed E-state index contributed by atoms with van der Waals surface area (Å²) in [4.78, 5) is 0. The van der Waals surface area contributed by atoms with Gasteiger partial charge in [-0.3, -0.25) is 4.72 Å². The Morgan fingerprint density at radius 1 is 1.42 bits per heavy atom. The van der Waals surface area contributed by atoms with E-state index in [2.05, 4.69) is 10.0 Å². The second-order valence-corrected chi connectivity index (χ2v) is 6.76. The molecule has 19 heavy (non-hydrogen) atoms. The first-order valence-corrected chi connectivity index (χ1v) is 7.94. The molecule has 1 atom stereocenters. The summed E-state index contributed by atoms with van der Waals surface area (Å²) in [5.74, 6) is 0.752. The van der Waals surface area contributed by atoms with Crippen molar-refractivity contribution in [2.24, 2.45) is 0 Å². The van der Waals surface area contributed by atoms with Crippen molar-refractivity contribution in [2.45, 2.75) is 25.0 Å². The Kier molecular flexibility index (Phi) is 4.31. The molecule has 0 saturated carbocycles. The Hall–Kier alpha value is -1.27. The van der Waals surface area contributed by atoms with Crippen molar-refractivity contribution in [1.82, 2.24) is 5.32 Å². The van der Waals surface area contributed by atoms with Crippen LogP contribution in [0.4, 0.5) is 5.69 Å². The smallest absolute Gasteiger partial charge is 0.236 e. The van der Waals surface area contributed by atoms with E-state index in [1.165, 1.54) is 0 Å². The minimum absolute atomic E-state index is 0.358. The minimum Gasteiger partial charge on any atom is -0.496 e. The number of piperidine rings is 1. The molecule has 1 saturated heterocycles. The molecular weight excluding hydrogens is 264 g/mol. The van der Waals surface area contributed by atoms with Gasteiger partial charge in [-0.2, -0.15) is 0 Å². The molecular formula is C13H20N2O3S. The SMILES string of the molecule is COc1ccc(NS(=O)(=O)C2CCCNC2)cc1C. The van der Waals surface area contributed by atoms with Crippen LogP contribution < -0.4 is 14.8 Å². The Morgan fingerprint density at radius 3 is 2.79 bits per heavy atom. The first-order chi connectivity index (χ1) is 9.03. The highest BCUT2D eigenvalue weighted by molar-refractivity contribution is 7.93. The van der Waals surface area contributed by atoms with Gasteiger partial charge in [-0.25, -0.2) is 8.42 Å². The molecule has 1 heterocycles. The number of methoxy groups -OCH3 is 1. The summed E-state index contributed by atoms with van der Waals surface area (Å²) in [7, 11) is -1.73. The molecule has 106 valence electrons. The Morgan fingerprint density at radius 2 is 2.21 bits per heavy atom. The number of nitrogens with one attached hydrogen (secondary N) is 2. The molecule has 1 fully saturated rings. The third-order valence-corrected chi connectivity index (χ3v) is 5.15. The summed E-state index contributed by atoms with van der Waals surface area (Å²) in [5.41, 5.74) is 1.49. The summed E-state index contributed by atoms with van der Waals surface area (Å²) < 4.78 is 32.3. The average Bonchev–Trinajstić information content (AvgIpc) is 2.39. The van der Waals surface area contributed by atoms with E-state index in [4.69, 9.17) is 4.74 Å².